The summed E-state index contributed by atoms with van der Waals surface area (Å²) in [6.07, 6.45) is 0.949. The Bertz CT molecular complexity index is 305. The molecule has 1 unspecified atom stereocenters. The third kappa shape index (κ3) is 2.12. The molecule has 1 atom stereocenters. The van der Waals surface area contributed by atoms with Crippen LogP contribution in [0.25, 0.3) is 0 Å². The lowest BCUT2D eigenvalue weighted by Crippen LogP contribution is -2.32. The van der Waals surface area contributed by atoms with Gasteiger partial charge in [-0.05, 0) is 37.5 Å². The fraction of sp³-hybridized carbons (Fsp3) is 0.455. The van der Waals surface area contributed by atoms with E-state index in [1.54, 1.807) is 0 Å². The molecule has 0 aliphatic heterocycles. The summed E-state index contributed by atoms with van der Waals surface area (Å²) >= 11 is 3.51. The Morgan fingerprint density at radius 1 is 1.46 bits per heavy atom. The van der Waals surface area contributed by atoms with Crippen LogP contribution in [-0.2, 0) is 5.54 Å². The van der Waals surface area contributed by atoms with Crippen LogP contribution in [0, 0.1) is 6.92 Å². The minimum atomic E-state index is -0.214. The second kappa shape index (κ2) is 3.81. The second-order valence-corrected chi connectivity index (χ2v) is 4.54. The quantitative estimate of drug-likeness (QED) is 0.845. The monoisotopic (exact) mass is 241 g/mol. The van der Waals surface area contributed by atoms with Gasteiger partial charge in [0.1, 0.15) is 0 Å². The summed E-state index contributed by atoms with van der Waals surface area (Å²) in [6.45, 7) is 6.28. The zero-order valence-corrected chi connectivity index (χ0v) is 9.98. The molecular weight excluding hydrogens is 226 g/mol. The first-order valence-electron chi connectivity index (χ1n) is 4.53. The van der Waals surface area contributed by atoms with Gasteiger partial charge in [-0.15, -0.1) is 0 Å². The SMILES string of the molecule is CCC(C)(N)c1cccc(Br)c1C. The van der Waals surface area contributed by atoms with Crippen LogP contribution in [0.4, 0.5) is 0 Å². The van der Waals surface area contributed by atoms with Gasteiger partial charge in [0.15, 0.2) is 0 Å². The topological polar surface area (TPSA) is 26.0 Å². The fourth-order valence-electron chi connectivity index (χ4n) is 1.42. The molecule has 1 nitrogen and oxygen atoms in total. The van der Waals surface area contributed by atoms with E-state index in [-0.39, 0.29) is 5.54 Å². The van der Waals surface area contributed by atoms with Crippen molar-refractivity contribution in [3.63, 3.8) is 0 Å². The molecule has 1 rings (SSSR count). The van der Waals surface area contributed by atoms with Gasteiger partial charge < -0.3 is 5.73 Å². The Kier molecular flexibility index (Phi) is 3.14. The van der Waals surface area contributed by atoms with Gasteiger partial charge in [-0.3, -0.25) is 0 Å². The van der Waals surface area contributed by atoms with Crippen molar-refractivity contribution in [3.05, 3.63) is 33.8 Å². The second-order valence-electron chi connectivity index (χ2n) is 3.68. The van der Waals surface area contributed by atoms with Crippen molar-refractivity contribution in [1.29, 1.82) is 0 Å². The van der Waals surface area contributed by atoms with E-state index >= 15 is 0 Å². The average Bonchev–Trinajstić information content (AvgIpc) is 2.09. The van der Waals surface area contributed by atoms with Gasteiger partial charge >= 0.3 is 0 Å². The number of nitrogens with two attached hydrogens (primary N) is 1. The zero-order chi connectivity index (χ0) is 10.1. The van der Waals surface area contributed by atoms with E-state index in [9.17, 15) is 0 Å². The fourth-order valence-corrected chi connectivity index (χ4v) is 1.78. The van der Waals surface area contributed by atoms with E-state index in [0.29, 0.717) is 0 Å². The molecule has 0 aromatic heterocycles. The Hall–Kier alpha value is -0.340. The van der Waals surface area contributed by atoms with Gasteiger partial charge in [0, 0.05) is 10.0 Å². The Balaban J connectivity index is 3.22. The number of benzene rings is 1. The van der Waals surface area contributed by atoms with Crippen molar-refractivity contribution < 1.29 is 0 Å². The maximum absolute atomic E-state index is 6.19. The van der Waals surface area contributed by atoms with Crippen molar-refractivity contribution in [2.24, 2.45) is 5.73 Å². The molecule has 1 aromatic rings. The molecule has 0 saturated carbocycles. The molecule has 1 aromatic carbocycles. The van der Waals surface area contributed by atoms with Crippen LogP contribution in [0.1, 0.15) is 31.4 Å². The van der Waals surface area contributed by atoms with E-state index in [1.807, 2.05) is 12.1 Å². The molecule has 0 bridgehead atoms. The summed E-state index contributed by atoms with van der Waals surface area (Å²) in [5, 5.41) is 0. The standard InChI is InChI=1S/C11H16BrN/c1-4-11(3,13)9-6-5-7-10(12)8(9)2/h5-7H,4,13H2,1-3H3. The highest BCUT2D eigenvalue weighted by molar-refractivity contribution is 9.10. The van der Waals surface area contributed by atoms with Crippen LogP contribution in [0.5, 0.6) is 0 Å². The first kappa shape index (κ1) is 10.7. The number of hydrogen-bond donors (Lipinski definition) is 1. The van der Waals surface area contributed by atoms with Crippen molar-refractivity contribution >= 4 is 15.9 Å². The maximum atomic E-state index is 6.19. The summed E-state index contributed by atoms with van der Waals surface area (Å²) in [7, 11) is 0. The summed E-state index contributed by atoms with van der Waals surface area (Å²) in [6, 6.07) is 6.18. The first-order valence-corrected chi connectivity index (χ1v) is 5.33. The number of rotatable bonds is 2. The highest BCUT2D eigenvalue weighted by Gasteiger charge is 2.20. The molecule has 0 heterocycles. The molecule has 0 fully saturated rings. The Morgan fingerprint density at radius 3 is 2.62 bits per heavy atom. The van der Waals surface area contributed by atoms with Gasteiger partial charge in [0.25, 0.3) is 0 Å². The molecule has 2 N–H and O–H groups in total. The third-order valence-electron chi connectivity index (χ3n) is 2.62. The van der Waals surface area contributed by atoms with E-state index < -0.39 is 0 Å². The Morgan fingerprint density at radius 2 is 2.08 bits per heavy atom. The largest absolute Gasteiger partial charge is 0.322 e. The van der Waals surface area contributed by atoms with Crippen molar-refractivity contribution in [2.75, 3.05) is 0 Å². The molecule has 72 valence electrons. The van der Waals surface area contributed by atoms with Gasteiger partial charge in [-0.1, -0.05) is 35.0 Å². The highest BCUT2D eigenvalue weighted by Crippen LogP contribution is 2.28. The summed E-state index contributed by atoms with van der Waals surface area (Å²) in [5.41, 5.74) is 8.44. The molecule has 0 aliphatic rings. The molecule has 2 heteroatoms. The highest BCUT2D eigenvalue weighted by atomic mass is 79.9. The number of halogens is 1. The summed E-state index contributed by atoms with van der Waals surface area (Å²) in [5.74, 6) is 0. The normalized spacial score (nSPS) is 15.5. The van der Waals surface area contributed by atoms with Gasteiger partial charge in [0.05, 0.1) is 0 Å². The van der Waals surface area contributed by atoms with Crippen molar-refractivity contribution in [3.8, 4) is 0 Å². The maximum Gasteiger partial charge on any atom is 0.0381 e. The van der Waals surface area contributed by atoms with Gasteiger partial charge in [0.2, 0.25) is 0 Å². The minimum Gasteiger partial charge on any atom is -0.322 e. The number of hydrogen-bond acceptors (Lipinski definition) is 1. The molecular formula is C11H16BrN. The van der Waals surface area contributed by atoms with Crippen LogP contribution >= 0.6 is 15.9 Å². The van der Waals surface area contributed by atoms with Crippen LogP contribution < -0.4 is 5.73 Å². The molecule has 0 spiro atoms. The van der Waals surface area contributed by atoms with Crippen LogP contribution in [0.2, 0.25) is 0 Å². The van der Waals surface area contributed by atoms with E-state index in [0.717, 1.165) is 10.9 Å². The average molecular weight is 242 g/mol. The molecule has 0 radical (unpaired) electrons. The predicted molar refractivity (Wildman–Crippen MR) is 60.7 cm³/mol. The molecule has 0 aliphatic carbocycles. The van der Waals surface area contributed by atoms with Crippen LogP contribution in [-0.4, -0.2) is 0 Å². The van der Waals surface area contributed by atoms with Gasteiger partial charge in [-0.25, -0.2) is 0 Å². The summed E-state index contributed by atoms with van der Waals surface area (Å²) < 4.78 is 1.13. The van der Waals surface area contributed by atoms with E-state index in [1.165, 1.54) is 11.1 Å². The molecule has 0 saturated heterocycles. The lowest BCUT2D eigenvalue weighted by Gasteiger charge is -2.25. The first-order chi connectivity index (χ1) is 5.99. The van der Waals surface area contributed by atoms with E-state index in [4.69, 9.17) is 5.73 Å². The minimum absolute atomic E-state index is 0.214. The van der Waals surface area contributed by atoms with Crippen molar-refractivity contribution in [2.45, 2.75) is 32.7 Å². The molecule has 13 heavy (non-hydrogen) atoms. The smallest absolute Gasteiger partial charge is 0.0381 e. The van der Waals surface area contributed by atoms with E-state index in [2.05, 4.69) is 42.8 Å². The van der Waals surface area contributed by atoms with Gasteiger partial charge in [-0.2, -0.15) is 0 Å². The lowest BCUT2D eigenvalue weighted by molar-refractivity contribution is 0.473. The molecule has 0 amide bonds. The lowest BCUT2D eigenvalue weighted by atomic mass is 9.87. The predicted octanol–water partition coefficient (Wildman–Crippen LogP) is 3.34. The Labute approximate surface area is 88.5 Å². The van der Waals surface area contributed by atoms with Crippen molar-refractivity contribution in [1.82, 2.24) is 0 Å². The zero-order valence-electron chi connectivity index (χ0n) is 8.39. The van der Waals surface area contributed by atoms with Crippen LogP contribution in [0.3, 0.4) is 0 Å². The van der Waals surface area contributed by atoms with Crippen LogP contribution in [0.15, 0.2) is 22.7 Å². The third-order valence-corrected chi connectivity index (χ3v) is 3.48. The summed E-state index contributed by atoms with van der Waals surface area (Å²) in [4.78, 5) is 0.